The highest BCUT2D eigenvalue weighted by molar-refractivity contribution is 7.12. The fourth-order valence-electron chi connectivity index (χ4n) is 3.31. The smallest absolute Gasteiger partial charge is 0.265 e. The Morgan fingerprint density at radius 1 is 1.33 bits per heavy atom. The summed E-state index contributed by atoms with van der Waals surface area (Å²) in [6, 6.07) is 6.10. The van der Waals surface area contributed by atoms with Crippen molar-refractivity contribution in [2.24, 2.45) is 0 Å². The van der Waals surface area contributed by atoms with Crippen LogP contribution in [0.5, 0.6) is 17.2 Å². The van der Waals surface area contributed by atoms with Crippen molar-refractivity contribution in [3.05, 3.63) is 39.6 Å². The number of ether oxygens (including phenoxy) is 3. The number of fused-ring (bicyclic) bond motifs is 2. The van der Waals surface area contributed by atoms with Crippen molar-refractivity contribution in [3.8, 4) is 17.2 Å². The van der Waals surface area contributed by atoms with Gasteiger partial charge in [0.15, 0.2) is 11.5 Å². The molecular weight excluding hydrogens is 326 g/mol. The molecule has 0 radical (unpaired) electrons. The number of carbonyl (C=O) groups excluding carboxylic acids is 1. The molecule has 1 aromatic heterocycles. The van der Waals surface area contributed by atoms with Crippen LogP contribution in [-0.2, 0) is 6.42 Å². The number of methoxy groups -OCH3 is 1. The minimum atomic E-state index is -0.0968. The van der Waals surface area contributed by atoms with Crippen LogP contribution in [0.2, 0.25) is 0 Å². The van der Waals surface area contributed by atoms with E-state index < -0.39 is 0 Å². The second-order valence-electron chi connectivity index (χ2n) is 5.94. The first-order valence-corrected chi connectivity index (χ1v) is 8.99. The topological polar surface area (TPSA) is 56.8 Å². The van der Waals surface area contributed by atoms with Gasteiger partial charge in [-0.2, -0.15) is 0 Å². The Morgan fingerprint density at radius 3 is 3.08 bits per heavy atom. The van der Waals surface area contributed by atoms with Crippen LogP contribution in [0.3, 0.4) is 0 Å². The van der Waals surface area contributed by atoms with Gasteiger partial charge in [-0.25, -0.2) is 0 Å². The molecule has 2 heterocycles. The van der Waals surface area contributed by atoms with E-state index in [4.69, 9.17) is 14.2 Å². The molecule has 1 N–H and O–H groups in total. The Balaban J connectivity index is 1.56. The van der Waals surface area contributed by atoms with Gasteiger partial charge < -0.3 is 19.5 Å². The third-order valence-electron chi connectivity index (χ3n) is 4.48. The quantitative estimate of drug-likeness (QED) is 0.927. The lowest BCUT2D eigenvalue weighted by atomic mass is 9.87. The van der Waals surface area contributed by atoms with Crippen LogP contribution in [0.1, 0.15) is 39.7 Å². The molecule has 126 valence electrons. The molecule has 5 nitrogen and oxygen atoms in total. The Kier molecular flexibility index (Phi) is 4.06. The van der Waals surface area contributed by atoms with Crippen LogP contribution in [0.25, 0.3) is 0 Å². The first-order valence-electron chi connectivity index (χ1n) is 8.11. The lowest BCUT2D eigenvalue weighted by molar-refractivity contribution is 0.0928. The first kappa shape index (κ1) is 15.3. The van der Waals surface area contributed by atoms with Gasteiger partial charge >= 0.3 is 0 Å². The van der Waals surface area contributed by atoms with Crippen LogP contribution < -0.4 is 19.5 Å². The van der Waals surface area contributed by atoms with E-state index in [2.05, 4.69) is 17.4 Å². The van der Waals surface area contributed by atoms with E-state index in [9.17, 15) is 4.79 Å². The summed E-state index contributed by atoms with van der Waals surface area (Å²) < 4.78 is 16.4. The molecule has 0 fully saturated rings. The minimum absolute atomic E-state index is 0.0226. The molecule has 24 heavy (non-hydrogen) atoms. The van der Waals surface area contributed by atoms with Crippen molar-refractivity contribution in [1.29, 1.82) is 0 Å². The van der Waals surface area contributed by atoms with Gasteiger partial charge in [-0.15, -0.1) is 11.3 Å². The average molecular weight is 345 g/mol. The number of amides is 1. The Morgan fingerprint density at radius 2 is 2.21 bits per heavy atom. The van der Waals surface area contributed by atoms with Crippen LogP contribution in [0, 0.1) is 0 Å². The molecule has 0 saturated heterocycles. The van der Waals surface area contributed by atoms with Crippen molar-refractivity contribution in [3.63, 3.8) is 0 Å². The monoisotopic (exact) mass is 345 g/mol. The third kappa shape index (κ3) is 2.71. The zero-order valence-corrected chi connectivity index (χ0v) is 14.3. The summed E-state index contributed by atoms with van der Waals surface area (Å²) >= 11 is 1.37. The van der Waals surface area contributed by atoms with E-state index in [1.165, 1.54) is 22.5 Å². The van der Waals surface area contributed by atoms with Gasteiger partial charge in [0, 0.05) is 5.38 Å². The molecule has 4 rings (SSSR count). The first-order chi connectivity index (χ1) is 11.8. The number of thiophene rings is 1. The maximum absolute atomic E-state index is 12.7. The standard InChI is InChI=1S/C18H19NO4S/c1-21-12-5-6-13-11(9-12)3-2-4-14(13)19-18(20)17-16-15(10-24-17)22-7-8-23-16/h5-6,9-10,14H,2-4,7-8H2,1H3,(H,19,20). The summed E-state index contributed by atoms with van der Waals surface area (Å²) in [6.07, 6.45) is 3.01. The van der Waals surface area contributed by atoms with Gasteiger partial charge in [0.05, 0.1) is 13.2 Å². The molecule has 0 spiro atoms. The summed E-state index contributed by atoms with van der Waals surface area (Å²) in [7, 11) is 1.67. The van der Waals surface area contributed by atoms with E-state index in [0.717, 1.165) is 25.0 Å². The Hall–Kier alpha value is -2.21. The normalized spacial score (nSPS) is 18.6. The van der Waals surface area contributed by atoms with Gasteiger partial charge in [0.25, 0.3) is 5.91 Å². The molecule has 6 heteroatoms. The van der Waals surface area contributed by atoms with Gasteiger partial charge in [0.1, 0.15) is 23.8 Å². The molecule has 1 aromatic carbocycles. The van der Waals surface area contributed by atoms with E-state index >= 15 is 0 Å². The molecule has 1 amide bonds. The highest BCUT2D eigenvalue weighted by Gasteiger charge is 2.27. The predicted molar refractivity (Wildman–Crippen MR) is 91.4 cm³/mol. The van der Waals surface area contributed by atoms with E-state index in [-0.39, 0.29) is 11.9 Å². The molecule has 0 saturated carbocycles. The number of benzene rings is 1. The lowest BCUT2D eigenvalue weighted by Crippen LogP contribution is -2.31. The van der Waals surface area contributed by atoms with Crippen molar-refractivity contribution in [1.82, 2.24) is 5.32 Å². The largest absolute Gasteiger partial charge is 0.497 e. The molecule has 1 atom stereocenters. The van der Waals surface area contributed by atoms with Crippen LogP contribution in [-0.4, -0.2) is 26.2 Å². The summed E-state index contributed by atoms with van der Waals surface area (Å²) in [5.41, 5.74) is 2.43. The van der Waals surface area contributed by atoms with Crippen molar-refractivity contribution < 1.29 is 19.0 Å². The Bertz CT molecular complexity index is 770. The summed E-state index contributed by atoms with van der Waals surface area (Å²) in [5.74, 6) is 2.01. The maximum Gasteiger partial charge on any atom is 0.265 e. The molecule has 2 aromatic rings. The van der Waals surface area contributed by atoms with E-state index in [1.54, 1.807) is 7.11 Å². The molecule has 0 bridgehead atoms. The van der Waals surface area contributed by atoms with Crippen molar-refractivity contribution >= 4 is 17.2 Å². The van der Waals surface area contributed by atoms with Gasteiger partial charge in [0.2, 0.25) is 0 Å². The average Bonchev–Trinajstić information content (AvgIpc) is 3.05. The molecule has 1 aliphatic heterocycles. The van der Waals surface area contributed by atoms with E-state index in [0.29, 0.717) is 29.6 Å². The predicted octanol–water partition coefficient (Wildman–Crippen LogP) is 3.34. The fourth-order valence-corrected chi connectivity index (χ4v) is 4.14. The molecule has 1 aliphatic carbocycles. The summed E-state index contributed by atoms with van der Waals surface area (Å²) in [4.78, 5) is 13.3. The fraction of sp³-hybridized carbons (Fsp3) is 0.389. The highest BCUT2D eigenvalue weighted by atomic mass is 32.1. The third-order valence-corrected chi connectivity index (χ3v) is 5.42. The molecule has 2 aliphatic rings. The van der Waals surface area contributed by atoms with Crippen LogP contribution in [0.15, 0.2) is 23.6 Å². The highest BCUT2D eigenvalue weighted by Crippen LogP contribution is 2.40. The zero-order chi connectivity index (χ0) is 16.5. The zero-order valence-electron chi connectivity index (χ0n) is 13.5. The van der Waals surface area contributed by atoms with Crippen molar-refractivity contribution in [2.45, 2.75) is 25.3 Å². The number of rotatable bonds is 3. The SMILES string of the molecule is COc1ccc2c(c1)CCCC2NC(=O)c1scc2c1OCCO2. The lowest BCUT2D eigenvalue weighted by Gasteiger charge is -2.27. The van der Waals surface area contributed by atoms with Crippen LogP contribution >= 0.6 is 11.3 Å². The Labute approximate surface area is 144 Å². The number of carbonyl (C=O) groups is 1. The molecule has 1 unspecified atom stereocenters. The summed E-state index contributed by atoms with van der Waals surface area (Å²) in [5, 5.41) is 5.00. The van der Waals surface area contributed by atoms with E-state index in [1.807, 2.05) is 11.4 Å². The van der Waals surface area contributed by atoms with Crippen LogP contribution in [0.4, 0.5) is 0 Å². The van der Waals surface area contributed by atoms with Gasteiger partial charge in [-0.1, -0.05) is 6.07 Å². The minimum Gasteiger partial charge on any atom is -0.497 e. The maximum atomic E-state index is 12.7. The second kappa shape index (κ2) is 6.36. The summed E-state index contributed by atoms with van der Waals surface area (Å²) in [6.45, 7) is 1.01. The van der Waals surface area contributed by atoms with Crippen molar-refractivity contribution in [2.75, 3.05) is 20.3 Å². The number of hydrogen-bond acceptors (Lipinski definition) is 5. The number of hydrogen-bond donors (Lipinski definition) is 1. The van der Waals surface area contributed by atoms with Gasteiger partial charge in [-0.05, 0) is 42.5 Å². The number of aryl methyl sites for hydroxylation is 1. The number of nitrogens with one attached hydrogen (secondary N) is 1. The van der Waals surface area contributed by atoms with Gasteiger partial charge in [-0.3, -0.25) is 4.79 Å². The molecular formula is C18H19NO4S. The second-order valence-corrected chi connectivity index (χ2v) is 6.82.